The van der Waals surface area contributed by atoms with Crippen LogP contribution >= 0.6 is 0 Å². The smallest absolute Gasteiger partial charge is 0.255 e. The molecule has 1 N–H and O–H groups in total. The molecule has 0 aliphatic carbocycles. The van der Waals surface area contributed by atoms with Gasteiger partial charge in [-0.05, 0) is 42.7 Å². The highest BCUT2D eigenvalue weighted by Crippen LogP contribution is 2.20. The lowest BCUT2D eigenvalue weighted by Gasteiger charge is -2.14. The highest BCUT2D eigenvalue weighted by Gasteiger charge is 2.18. The van der Waals surface area contributed by atoms with Gasteiger partial charge < -0.3 is 14.8 Å². The summed E-state index contributed by atoms with van der Waals surface area (Å²) >= 11 is 0. The van der Waals surface area contributed by atoms with Gasteiger partial charge in [0.1, 0.15) is 12.4 Å². The van der Waals surface area contributed by atoms with Crippen molar-refractivity contribution in [2.75, 3.05) is 19.4 Å². The fourth-order valence-corrected chi connectivity index (χ4v) is 3.51. The molecule has 144 valence electrons. The molecule has 0 aromatic heterocycles. The molecule has 2 aromatic rings. The van der Waals surface area contributed by atoms with E-state index >= 15 is 0 Å². The predicted molar refractivity (Wildman–Crippen MR) is 102 cm³/mol. The summed E-state index contributed by atoms with van der Waals surface area (Å²) in [4.78, 5) is 12.7. The van der Waals surface area contributed by atoms with Crippen LogP contribution < -0.4 is 10.1 Å². The van der Waals surface area contributed by atoms with Crippen molar-refractivity contribution in [2.24, 2.45) is 0 Å². The molecule has 0 bridgehead atoms. The Bertz CT molecular complexity index is 887. The van der Waals surface area contributed by atoms with Crippen LogP contribution in [0.2, 0.25) is 0 Å². The molecule has 1 saturated heterocycles. The summed E-state index contributed by atoms with van der Waals surface area (Å²) in [7, 11) is -3.22. The molecule has 1 unspecified atom stereocenters. The monoisotopic (exact) mass is 389 g/mol. The summed E-state index contributed by atoms with van der Waals surface area (Å²) in [6.45, 7) is 1.47. The number of nitrogens with one attached hydrogen (secondary N) is 1. The predicted octanol–water partition coefficient (Wildman–Crippen LogP) is 2.58. The minimum atomic E-state index is -3.22. The second-order valence-electron chi connectivity index (χ2n) is 6.55. The molecular formula is C20H23NO5S. The number of hydrogen-bond donors (Lipinski definition) is 1. The second kappa shape index (κ2) is 8.54. The minimum Gasteiger partial charge on any atom is -0.488 e. The Balaban J connectivity index is 1.62. The molecule has 1 aliphatic heterocycles. The van der Waals surface area contributed by atoms with E-state index in [9.17, 15) is 13.2 Å². The van der Waals surface area contributed by atoms with E-state index in [1.54, 1.807) is 48.5 Å². The van der Waals surface area contributed by atoms with Gasteiger partial charge in [0, 0.05) is 19.4 Å². The van der Waals surface area contributed by atoms with Crippen molar-refractivity contribution in [1.82, 2.24) is 5.32 Å². The van der Waals surface area contributed by atoms with Gasteiger partial charge in [-0.2, -0.15) is 0 Å². The van der Waals surface area contributed by atoms with E-state index in [2.05, 4.69) is 5.32 Å². The maximum Gasteiger partial charge on any atom is 0.255 e. The zero-order valence-electron chi connectivity index (χ0n) is 15.2. The SMILES string of the molecule is CS(=O)(=O)c1ccc(COc2ccccc2C(=O)NCC2CCCO2)cc1. The van der Waals surface area contributed by atoms with Crippen LogP contribution in [0.25, 0.3) is 0 Å². The van der Waals surface area contributed by atoms with Crippen LogP contribution in [0.3, 0.4) is 0 Å². The average molecular weight is 389 g/mol. The molecule has 1 atom stereocenters. The summed E-state index contributed by atoms with van der Waals surface area (Å²) in [6, 6.07) is 13.6. The fraction of sp³-hybridized carbons (Fsp3) is 0.350. The van der Waals surface area contributed by atoms with Crippen molar-refractivity contribution in [3.05, 3.63) is 59.7 Å². The van der Waals surface area contributed by atoms with Gasteiger partial charge in [0.2, 0.25) is 0 Å². The molecule has 1 fully saturated rings. The Hall–Kier alpha value is -2.38. The topological polar surface area (TPSA) is 81.7 Å². The number of rotatable bonds is 7. The summed E-state index contributed by atoms with van der Waals surface area (Å²) in [5, 5.41) is 2.89. The lowest BCUT2D eigenvalue weighted by atomic mass is 10.1. The van der Waals surface area contributed by atoms with E-state index in [0.29, 0.717) is 17.9 Å². The van der Waals surface area contributed by atoms with Crippen molar-refractivity contribution in [2.45, 2.75) is 30.4 Å². The third-order valence-corrected chi connectivity index (χ3v) is 5.52. The molecule has 0 saturated carbocycles. The van der Waals surface area contributed by atoms with Crippen LogP contribution in [0, 0.1) is 0 Å². The zero-order valence-corrected chi connectivity index (χ0v) is 16.0. The maximum atomic E-state index is 12.5. The van der Waals surface area contributed by atoms with E-state index < -0.39 is 9.84 Å². The first-order valence-electron chi connectivity index (χ1n) is 8.84. The van der Waals surface area contributed by atoms with Crippen molar-refractivity contribution in [3.8, 4) is 5.75 Å². The fourth-order valence-electron chi connectivity index (χ4n) is 2.88. The van der Waals surface area contributed by atoms with Gasteiger partial charge in [0.25, 0.3) is 5.91 Å². The number of para-hydroxylation sites is 1. The molecular weight excluding hydrogens is 366 g/mol. The molecule has 6 nitrogen and oxygen atoms in total. The normalized spacial score (nSPS) is 16.9. The molecule has 2 aromatic carbocycles. The van der Waals surface area contributed by atoms with Crippen LogP contribution in [0.4, 0.5) is 0 Å². The Morgan fingerprint density at radius 1 is 1.19 bits per heavy atom. The van der Waals surface area contributed by atoms with Gasteiger partial charge in [-0.15, -0.1) is 0 Å². The van der Waals surface area contributed by atoms with E-state index in [1.807, 2.05) is 0 Å². The Morgan fingerprint density at radius 2 is 1.93 bits per heavy atom. The molecule has 1 heterocycles. The number of benzene rings is 2. The quantitative estimate of drug-likeness (QED) is 0.787. The van der Waals surface area contributed by atoms with Crippen LogP contribution in [0.15, 0.2) is 53.4 Å². The Kier molecular flexibility index (Phi) is 6.13. The first-order chi connectivity index (χ1) is 12.9. The van der Waals surface area contributed by atoms with Gasteiger partial charge in [-0.25, -0.2) is 8.42 Å². The van der Waals surface area contributed by atoms with Crippen molar-refractivity contribution < 1.29 is 22.7 Å². The van der Waals surface area contributed by atoms with Gasteiger partial charge in [-0.1, -0.05) is 24.3 Å². The summed E-state index contributed by atoms with van der Waals surface area (Å²) < 4.78 is 34.4. The van der Waals surface area contributed by atoms with Gasteiger partial charge in [0.05, 0.1) is 16.6 Å². The molecule has 0 radical (unpaired) electrons. The first kappa shape index (κ1) is 19.4. The molecule has 1 amide bonds. The van der Waals surface area contributed by atoms with E-state index in [0.717, 1.165) is 25.0 Å². The van der Waals surface area contributed by atoms with Crippen LogP contribution in [0.5, 0.6) is 5.75 Å². The summed E-state index contributed by atoms with van der Waals surface area (Å²) in [6.07, 6.45) is 3.24. The Morgan fingerprint density at radius 3 is 2.59 bits per heavy atom. The van der Waals surface area contributed by atoms with Gasteiger partial charge >= 0.3 is 0 Å². The number of ether oxygens (including phenoxy) is 2. The second-order valence-corrected chi connectivity index (χ2v) is 8.56. The van der Waals surface area contributed by atoms with Gasteiger partial charge in [0.15, 0.2) is 9.84 Å². The summed E-state index contributed by atoms with van der Waals surface area (Å²) in [5.74, 6) is 0.281. The highest BCUT2D eigenvalue weighted by atomic mass is 32.2. The van der Waals surface area contributed by atoms with Crippen molar-refractivity contribution in [3.63, 3.8) is 0 Å². The third kappa shape index (κ3) is 5.30. The van der Waals surface area contributed by atoms with E-state index in [-0.39, 0.29) is 23.5 Å². The highest BCUT2D eigenvalue weighted by molar-refractivity contribution is 7.90. The molecule has 7 heteroatoms. The zero-order chi connectivity index (χ0) is 19.3. The van der Waals surface area contributed by atoms with E-state index in [1.165, 1.54) is 6.26 Å². The molecule has 27 heavy (non-hydrogen) atoms. The number of hydrogen-bond acceptors (Lipinski definition) is 5. The van der Waals surface area contributed by atoms with Crippen LogP contribution in [-0.4, -0.2) is 39.8 Å². The average Bonchev–Trinajstić information content (AvgIpc) is 3.18. The van der Waals surface area contributed by atoms with Crippen molar-refractivity contribution in [1.29, 1.82) is 0 Å². The number of carbonyl (C=O) groups is 1. The van der Waals surface area contributed by atoms with Crippen molar-refractivity contribution >= 4 is 15.7 Å². The molecule has 0 spiro atoms. The number of amides is 1. The lowest BCUT2D eigenvalue weighted by molar-refractivity contribution is 0.0854. The van der Waals surface area contributed by atoms with Crippen LogP contribution in [0.1, 0.15) is 28.8 Å². The lowest BCUT2D eigenvalue weighted by Crippen LogP contribution is -2.32. The standard InChI is InChI=1S/C20H23NO5S/c1-27(23,24)17-10-8-15(9-11-17)14-26-19-7-3-2-6-18(19)20(22)21-13-16-5-4-12-25-16/h2-3,6-11,16H,4-5,12-14H2,1H3,(H,21,22). The van der Waals surface area contributed by atoms with Gasteiger partial charge in [-0.3, -0.25) is 4.79 Å². The number of sulfone groups is 1. The first-order valence-corrected chi connectivity index (χ1v) is 10.7. The minimum absolute atomic E-state index is 0.0791. The third-order valence-electron chi connectivity index (χ3n) is 4.39. The van der Waals surface area contributed by atoms with Crippen LogP contribution in [-0.2, 0) is 21.2 Å². The Labute approximate surface area is 159 Å². The molecule has 1 aliphatic rings. The maximum absolute atomic E-state index is 12.5. The summed E-state index contributed by atoms with van der Waals surface area (Å²) in [5.41, 5.74) is 1.28. The largest absolute Gasteiger partial charge is 0.488 e. The van der Waals surface area contributed by atoms with E-state index in [4.69, 9.17) is 9.47 Å². The molecule has 3 rings (SSSR count). The number of carbonyl (C=O) groups excluding carboxylic acids is 1.